The second kappa shape index (κ2) is 12.1. The first-order chi connectivity index (χ1) is 16.5. The minimum atomic E-state index is -2.89. The monoisotopic (exact) mass is 480 g/mol. The second-order valence-corrected chi connectivity index (χ2v) is 11.0. The molecule has 0 bridgehead atoms. The fraction of sp³-hybridized carbons (Fsp3) is 0.793. The number of halogens is 3. The number of hydrogen-bond acceptors (Lipinski definition) is 2. The fourth-order valence-electron chi connectivity index (χ4n) is 7.13. The van der Waals surface area contributed by atoms with Gasteiger partial charge in [-0.2, -0.15) is 0 Å². The van der Waals surface area contributed by atoms with E-state index in [9.17, 15) is 8.78 Å². The van der Waals surface area contributed by atoms with Gasteiger partial charge >= 0.3 is 0 Å². The van der Waals surface area contributed by atoms with Gasteiger partial charge in [0.05, 0.1) is 24.9 Å². The molecule has 192 valence electrons. The number of ether oxygens (including phenoxy) is 2. The van der Waals surface area contributed by atoms with Crippen LogP contribution in [0.4, 0.5) is 13.2 Å². The van der Waals surface area contributed by atoms with E-state index in [4.69, 9.17) is 9.47 Å². The average Bonchev–Trinajstić information content (AvgIpc) is 2.85. The van der Waals surface area contributed by atoms with E-state index >= 15 is 4.39 Å². The Morgan fingerprint density at radius 2 is 1.53 bits per heavy atom. The van der Waals surface area contributed by atoms with E-state index < -0.39 is 17.8 Å². The highest BCUT2D eigenvalue weighted by Gasteiger charge is 2.36. The summed E-state index contributed by atoms with van der Waals surface area (Å²) in [5, 5.41) is 0. The van der Waals surface area contributed by atoms with Crippen LogP contribution >= 0.6 is 0 Å². The highest BCUT2D eigenvalue weighted by Crippen LogP contribution is 2.45. The normalized spacial score (nSPS) is 32.6. The molecule has 2 aliphatic carbocycles. The zero-order valence-electron chi connectivity index (χ0n) is 21.0. The predicted octanol–water partition coefficient (Wildman–Crippen LogP) is 8.84. The number of hydrogen-bond donors (Lipinski definition) is 0. The lowest BCUT2D eigenvalue weighted by atomic mass is 9.67. The largest absolute Gasteiger partial charge is 0.493 e. The Morgan fingerprint density at radius 3 is 2.09 bits per heavy atom. The van der Waals surface area contributed by atoms with Crippen molar-refractivity contribution in [1.82, 2.24) is 0 Å². The molecule has 0 radical (unpaired) electrons. The standard InChI is InChI=1S/C29H43F3O2/c1-3-5-19-6-8-20(9-7-19)21-10-12-22(13-11-21)25-16-14-23(18-34-25)24-15-17-26(33-4-2)27(28(24)30)29(31)32/h15,17,19-23,25,29H,3-14,16,18H2,1-2H3. The van der Waals surface area contributed by atoms with Crippen molar-refractivity contribution >= 4 is 0 Å². The number of rotatable bonds is 8. The zero-order valence-corrected chi connectivity index (χ0v) is 21.0. The predicted molar refractivity (Wildman–Crippen MR) is 130 cm³/mol. The molecule has 2 unspecified atom stereocenters. The minimum Gasteiger partial charge on any atom is -0.493 e. The van der Waals surface area contributed by atoms with Crippen molar-refractivity contribution in [3.05, 3.63) is 29.1 Å². The smallest absolute Gasteiger partial charge is 0.270 e. The molecule has 1 aromatic carbocycles. The van der Waals surface area contributed by atoms with E-state index in [1.165, 1.54) is 70.3 Å². The van der Waals surface area contributed by atoms with Gasteiger partial charge in [-0.1, -0.05) is 38.7 Å². The van der Waals surface area contributed by atoms with E-state index in [-0.39, 0.29) is 24.4 Å². The lowest BCUT2D eigenvalue weighted by Crippen LogP contribution is -2.35. The maximum absolute atomic E-state index is 15.0. The molecule has 3 aliphatic rings. The van der Waals surface area contributed by atoms with Crippen LogP contribution in [0.2, 0.25) is 0 Å². The van der Waals surface area contributed by atoms with Crippen molar-refractivity contribution in [3.8, 4) is 5.75 Å². The highest BCUT2D eigenvalue weighted by atomic mass is 19.3. The molecule has 1 aliphatic heterocycles. The quantitative estimate of drug-likeness (QED) is 0.370. The van der Waals surface area contributed by atoms with Crippen molar-refractivity contribution in [2.24, 2.45) is 23.7 Å². The molecule has 0 amide bonds. The maximum Gasteiger partial charge on any atom is 0.270 e. The molecule has 0 aromatic heterocycles. The Kier molecular flexibility index (Phi) is 9.23. The number of alkyl halides is 2. The van der Waals surface area contributed by atoms with Crippen LogP contribution in [0.15, 0.2) is 12.1 Å². The van der Waals surface area contributed by atoms with Crippen LogP contribution in [0.5, 0.6) is 5.75 Å². The third-order valence-electron chi connectivity index (χ3n) is 9.04. The van der Waals surface area contributed by atoms with Crippen molar-refractivity contribution in [2.75, 3.05) is 13.2 Å². The molecular weight excluding hydrogens is 437 g/mol. The average molecular weight is 481 g/mol. The molecule has 34 heavy (non-hydrogen) atoms. The van der Waals surface area contributed by atoms with Gasteiger partial charge < -0.3 is 9.47 Å². The minimum absolute atomic E-state index is 0.0519. The Labute approximate surface area is 204 Å². The van der Waals surface area contributed by atoms with E-state index in [1.54, 1.807) is 13.0 Å². The van der Waals surface area contributed by atoms with Gasteiger partial charge in [-0.15, -0.1) is 0 Å². The van der Waals surface area contributed by atoms with Gasteiger partial charge in [0.15, 0.2) is 0 Å². The van der Waals surface area contributed by atoms with E-state index in [0.717, 1.165) is 30.6 Å². The Balaban J connectivity index is 1.27. The Morgan fingerprint density at radius 1 is 0.882 bits per heavy atom. The third-order valence-corrected chi connectivity index (χ3v) is 9.04. The molecule has 5 heteroatoms. The Bertz CT molecular complexity index is 759. The zero-order chi connectivity index (χ0) is 24.1. The molecule has 1 heterocycles. The first-order valence-electron chi connectivity index (χ1n) is 13.9. The van der Waals surface area contributed by atoms with Gasteiger partial charge in [-0.3, -0.25) is 0 Å². The summed E-state index contributed by atoms with van der Waals surface area (Å²) < 4.78 is 53.6. The van der Waals surface area contributed by atoms with Crippen molar-refractivity contribution < 1.29 is 22.6 Å². The van der Waals surface area contributed by atoms with Crippen LogP contribution in [-0.4, -0.2) is 19.3 Å². The summed E-state index contributed by atoms with van der Waals surface area (Å²) in [6, 6.07) is 3.10. The maximum atomic E-state index is 15.0. The molecule has 2 saturated carbocycles. The first kappa shape index (κ1) is 25.9. The van der Waals surface area contributed by atoms with Gasteiger partial charge in [0.1, 0.15) is 11.6 Å². The second-order valence-electron chi connectivity index (χ2n) is 11.0. The topological polar surface area (TPSA) is 18.5 Å². The van der Waals surface area contributed by atoms with Gasteiger partial charge in [-0.05, 0) is 93.6 Å². The van der Waals surface area contributed by atoms with Gasteiger partial charge in [0.2, 0.25) is 0 Å². The van der Waals surface area contributed by atoms with Crippen LogP contribution < -0.4 is 4.74 Å². The summed E-state index contributed by atoms with van der Waals surface area (Å²) in [5.41, 5.74) is -0.261. The molecule has 0 spiro atoms. The molecule has 3 fully saturated rings. The summed E-state index contributed by atoms with van der Waals surface area (Å²) >= 11 is 0. The van der Waals surface area contributed by atoms with Crippen LogP contribution in [-0.2, 0) is 4.74 Å². The SMILES string of the molecule is CCCC1CCC(C2CCC(C3CCC(c4ccc(OCC)c(C(F)F)c4F)CO3)CC2)CC1. The van der Waals surface area contributed by atoms with Gasteiger partial charge in [-0.25, -0.2) is 13.2 Å². The van der Waals surface area contributed by atoms with Gasteiger partial charge in [0.25, 0.3) is 6.43 Å². The van der Waals surface area contributed by atoms with E-state index in [0.29, 0.717) is 18.1 Å². The van der Waals surface area contributed by atoms with E-state index in [1.807, 2.05) is 0 Å². The van der Waals surface area contributed by atoms with Crippen molar-refractivity contribution in [2.45, 2.75) is 109 Å². The van der Waals surface area contributed by atoms with E-state index in [2.05, 4.69) is 6.92 Å². The van der Waals surface area contributed by atoms with Crippen LogP contribution in [0, 0.1) is 29.5 Å². The summed E-state index contributed by atoms with van der Waals surface area (Å²) in [5.74, 6) is 2.34. The van der Waals surface area contributed by atoms with Crippen LogP contribution in [0.25, 0.3) is 0 Å². The summed E-state index contributed by atoms with van der Waals surface area (Å²) in [7, 11) is 0. The number of benzene rings is 1. The van der Waals surface area contributed by atoms with Gasteiger partial charge in [0, 0.05) is 5.92 Å². The highest BCUT2D eigenvalue weighted by molar-refractivity contribution is 5.41. The lowest BCUT2D eigenvalue weighted by Gasteiger charge is -2.41. The molecule has 1 aromatic rings. The molecule has 4 rings (SSSR count). The lowest BCUT2D eigenvalue weighted by molar-refractivity contribution is -0.0469. The first-order valence-corrected chi connectivity index (χ1v) is 13.9. The van der Waals surface area contributed by atoms with Crippen molar-refractivity contribution in [1.29, 1.82) is 0 Å². The van der Waals surface area contributed by atoms with Crippen molar-refractivity contribution in [3.63, 3.8) is 0 Å². The molecular formula is C29H43F3O2. The summed E-state index contributed by atoms with van der Waals surface area (Å²) in [6.45, 7) is 4.66. The molecule has 2 nitrogen and oxygen atoms in total. The summed E-state index contributed by atoms with van der Waals surface area (Å²) in [4.78, 5) is 0. The molecule has 2 atom stereocenters. The fourth-order valence-corrected chi connectivity index (χ4v) is 7.13. The van der Waals surface area contributed by atoms with Crippen LogP contribution in [0.3, 0.4) is 0 Å². The molecule has 1 saturated heterocycles. The van der Waals surface area contributed by atoms with Crippen LogP contribution in [0.1, 0.15) is 114 Å². The third kappa shape index (κ3) is 5.94. The summed E-state index contributed by atoms with van der Waals surface area (Å²) in [6.07, 6.45) is 12.6. The Hall–Kier alpha value is -1.23. The molecule has 0 N–H and O–H groups in total.